The predicted molar refractivity (Wildman–Crippen MR) is 80.6 cm³/mol. The number of piperazine rings is 1. The summed E-state index contributed by atoms with van der Waals surface area (Å²) in [6.07, 6.45) is 5.68. The highest BCUT2D eigenvalue weighted by Gasteiger charge is 1.96. The molecule has 3 rings (SSSR count). The number of nitrogens with zero attached hydrogens (tertiary/aromatic N) is 1. The third-order valence-corrected chi connectivity index (χ3v) is 2.54. The van der Waals surface area contributed by atoms with Crippen molar-refractivity contribution in [1.82, 2.24) is 10.6 Å². The highest BCUT2D eigenvalue weighted by Crippen LogP contribution is 2.17. The topological polar surface area (TPSA) is 48.5 Å². The number of allylic oxidation sites excluding steroid dienone is 1. The van der Waals surface area contributed by atoms with Crippen molar-refractivity contribution in [3.05, 3.63) is 35.9 Å². The van der Waals surface area contributed by atoms with E-state index in [2.05, 4.69) is 21.2 Å². The summed E-state index contributed by atoms with van der Waals surface area (Å²) in [5.41, 5.74) is 5.16. The number of hydrogen-bond donors (Lipinski definition) is 3. The molecule has 5 heteroatoms. The minimum Gasteiger partial charge on any atom is -0.314 e. The van der Waals surface area contributed by atoms with Gasteiger partial charge in [-0.2, -0.15) is 5.10 Å². The van der Waals surface area contributed by atoms with Gasteiger partial charge in [-0.15, -0.1) is 12.4 Å². The van der Waals surface area contributed by atoms with E-state index in [-0.39, 0.29) is 12.4 Å². The van der Waals surface area contributed by atoms with Crippen molar-refractivity contribution in [2.45, 2.75) is 0 Å². The molecule has 0 amide bonds. The Labute approximate surface area is 114 Å². The van der Waals surface area contributed by atoms with Crippen LogP contribution in [0.5, 0.6) is 0 Å². The van der Waals surface area contributed by atoms with Crippen molar-refractivity contribution in [2.24, 2.45) is 5.10 Å². The first-order valence-corrected chi connectivity index (χ1v) is 5.93. The van der Waals surface area contributed by atoms with Gasteiger partial charge in [0.2, 0.25) is 0 Å². The van der Waals surface area contributed by atoms with Gasteiger partial charge in [0, 0.05) is 32.4 Å². The summed E-state index contributed by atoms with van der Waals surface area (Å²) < 4.78 is 0. The summed E-state index contributed by atoms with van der Waals surface area (Å²) in [6.45, 7) is 4.56. The van der Waals surface area contributed by atoms with Gasteiger partial charge in [-0.05, 0) is 17.7 Å². The molecule has 0 saturated carbocycles. The molecule has 0 radical (unpaired) electrons. The first-order chi connectivity index (χ1) is 8.47. The van der Waals surface area contributed by atoms with Gasteiger partial charge in [0.1, 0.15) is 0 Å². The highest BCUT2D eigenvalue weighted by molar-refractivity contribution is 5.85. The molecule has 0 unspecified atom stereocenters. The Morgan fingerprint density at radius 1 is 0.944 bits per heavy atom. The second-order valence-corrected chi connectivity index (χ2v) is 3.84. The minimum atomic E-state index is 0. The lowest BCUT2D eigenvalue weighted by Gasteiger charge is -2.11. The number of nitrogens with one attached hydrogen (secondary N) is 3. The molecule has 2 heterocycles. The van der Waals surface area contributed by atoms with E-state index in [4.69, 9.17) is 0 Å². The standard InChI is InChI=1S/C9H8N2.C4H10N2.ClH/c1-2-6-9-8(4-1)5-3-7-10-11-9;1-2-6-4-3-5-1;/h1-7,11H;5-6H,1-4H2;1H. The maximum Gasteiger partial charge on any atom is 0.0634 e. The average Bonchev–Trinajstić information content (AvgIpc) is 2.66. The minimum absolute atomic E-state index is 0. The van der Waals surface area contributed by atoms with Crippen molar-refractivity contribution in [1.29, 1.82) is 0 Å². The van der Waals surface area contributed by atoms with E-state index in [0.29, 0.717) is 0 Å². The summed E-state index contributed by atoms with van der Waals surface area (Å²) in [4.78, 5) is 0. The van der Waals surface area contributed by atoms with E-state index in [1.165, 1.54) is 5.56 Å². The van der Waals surface area contributed by atoms with Crippen molar-refractivity contribution in [2.75, 3.05) is 31.6 Å². The van der Waals surface area contributed by atoms with E-state index in [1.807, 2.05) is 36.4 Å². The van der Waals surface area contributed by atoms with Crippen LogP contribution in [0.4, 0.5) is 5.69 Å². The molecule has 0 aliphatic carbocycles. The normalized spacial score (nSPS) is 16.2. The molecule has 0 bridgehead atoms. The SMILES string of the molecule is C1=Cc2ccccc2NN=C1.C1CNCCN1.Cl. The first-order valence-electron chi connectivity index (χ1n) is 5.93. The fourth-order valence-corrected chi connectivity index (χ4v) is 1.64. The van der Waals surface area contributed by atoms with E-state index in [1.54, 1.807) is 6.21 Å². The molecule has 98 valence electrons. The largest absolute Gasteiger partial charge is 0.314 e. The van der Waals surface area contributed by atoms with Crippen LogP contribution in [0.1, 0.15) is 5.56 Å². The number of halogens is 1. The van der Waals surface area contributed by atoms with E-state index >= 15 is 0 Å². The monoisotopic (exact) mass is 266 g/mol. The summed E-state index contributed by atoms with van der Waals surface area (Å²) in [7, 11) is 0. The van der Waals surface area contributed by atoms with Crippen LogP contribution in [0, 0.1) is 0 Å². The van der Waals surface area contributed by atoms with Crippen LogP contribution in [0.2, 0.25) is 0 Å². The van der Waals surface area contributed by atoms with Crippen molar-refractivity contribution < 1.29 is 0 Å². The third-order valence-electron chi connectivity index (χ3n) is 2.54. The summed E-state index contributed by atoms with van der Waals surface area (Å²) in [6, 6.07) is 8.05. The average molecular weight is 267 g/mol. The van der Waals surface area contributed by atoms with Crippen LogP contribution < -0.4 is 16.1 Å². The molecule has 1 saturated heterocycles. The number of anilines is 1. The number of para-hydroxylation sites is 1. The highest BCUT2D eigenvalue weighted by atomic mass is 35.5. The maximum atomic E-state index is 3.95. The second kappa shape index (κ2) is 8.69. The molecule has 1 aromatic carbocycles. The lowest BCUT2D eigenvalue weighted by molar-refractivity contribution is 0.534. The number of hydrogen-bond acceptors (Lipinski definition) is 4. The lowest BCUT2D eigenvalue weighted by Crippen LogP contribution is -2.39. The van der Waals surface area contributed by atoms with Gasteiger partial charge in [0.05, 0.1) is 5.69 Å². The van der Waals surface area contributed by atoms with Crippen LogP contribution in [0.3, 0.4) is 0 Å². The summed E-state index contributed by atoms with van der Waals surface area (Å²) >= 11 is 0. The smallest absolute Gasteiger partial charge is 0.0634 e. The number of rotatable bonds is 0. The van der Waals surface area contributed by atoms with Crippen molar-refractivity contribution in [3.8, 4) is 0 Å². The van der Waals surface area contributed by atoms with Crippen LogP contribution >= 0.6 is 12.4 Å². The Morgan fingerprint density at radius 3 is 2.28 bits per heavy atom. The molecular weight excluding hydrogens is 248 g/mol. The van der Waals surface area contributed by atoms with Gasteiger partial charge >= 0.3 is 0 Å². The Kier molecular flexibility index (Phi) is 7.10. The Bertz CT molecular complexity index is 388. The van der Waals surface area contributed by atoms with E-state index in [9.17, 15) is 0 Å². The quantitative estimate of drug-likeness (QED) is 0.670. The third kappa shape index (κ3) is 4.87. The molecule has 4 nitrogen and oxygen atoms in total. The molecule has 1 aromatic rings. The second-order valence-electron chi connectivity index (χ2n) is 3.84. The summed E-state index contributed by atoms with van der Waals surface area (Å²) in [5.74, 6) is 0. The Balaban J connectivity index is 0.000000199. The Morgan fingerprint density at radius 2 is 1.61 bits per heavy atom. The van der Waals surface area contributed by atoms with Gasteiger partial charge < -0.3 is 10.6 Å². The summed E-state index contributed by atoms with van der Waals surface area (Å²) in [5, 5.41) is 10.4. The molecule has 0 spiro atoms. The zero-order chi connectivity index (χ0) is 11.8. The van der Waals surface area contributed by atoms with Gasteiger partial charge in [-0.1, -0.05) is 24.3 Å². The van der Waals surface area contributed by atoms with Crippen LogP contribution in [-0.2, 0) is 0 Å². The first kappa shape index (κ1) is 14.7. The fourth-order valence-electron chi connectivity index (χ4n) is 1.64. The predicted octanol–water partition coefficient (Wildman–Crippen LogP) is 1.71. The molecule has 0 aromatic heterocycles. The van der Waals surface area contributed by atoms with E-state index in [0.717, 1.165) is 31.9 Å². The maximum absolute atomic E-state index is 3.95. The van der Waals surface area contributed by atoms with Gasteiger partial charge in [-0.3, -0.25) is 5.43 Å². The molecule has 2 aliphatic rings. The molecule has 2 aliphatic heterocycles. The van der Waals surface area contributed by atoms with Crippen LogP contribution in [0.25, 0.3) is 6.08 Å². The molecule has 0 atom stereocenters. The van der Waals surface area contributed by atoms with Gasteiger partial charge in [0.15, 0.2) is 0 Å². The molecule has 1 fully saturated rings. The molecule has 3 N–H and O–H groups in total. The van der Waals surface area contributed by atoms with Crippen LogP contribution in [0.15, 0.2) is 35.4 Å². The number of hydrazone groups is 1. The van der Waals surface area contributed by atoms with Crippen molar-refractivity contribution >= 4 is 30.4 Å². The zero-order valence-electron chi connectivity index (χ0n) is 10.2. The molecular formula is C13H19ClN4. The van der Waals surface area contributed by atoms with Crippen LogP contribution in [-0.4, -0.2) is 32.4 Å². The van der Waals surface area contributed by atoms with E-state index < -0.39 is 0 Å². The van der Waals surface area contributed by atoms with Gasteiger partial charge in [0.25, 0.3) is 0 Å². The lowest BCUT2D eigenvalue weighted by atomic mass is 10.2. The van der Waals surface area contributed by atoms with Gasteiger partial charge in [-0.25, -0.2) is 0 Å². The zero-order valence-corrected chi connectivity index (χ0v) is 11.0. The fraction of sp³-hybridized carbons (Fsp3) is 0.308. The van der Waals surface area contributed by atoms with Crippen molar-refractivity contribution in [3.63, 3.8) is 0 Å². The molecule has 18 heavy (non-hydrogen) atoms. The number of fused-ring (bicyclic) bond motifs is 1. The number of benzene rings is 1. The Hall–Kier alpha value is -1.36.